The predicted molar refractivity (Wildman–Crippen MR) is 192 cm³/mol. The Morgan fingerprint density at radius 3 is 2.00 bits per heavy atom. The molecule has 0 aromatic rings. The minimum Gasteiger partial charge on any atom is -0.297 e. The van der Waals surface area contributed by atoms with Crippen LogP contribution < -0.4 is 0 Å². The van der Waals surface area contributed by atoms with Crippen LogP contribution in [-0.4, -0.2) is 12.8 Å². The van der Waals surface area contributed by atoms with Gasteiger partial charge in [-0.25, -0.2) is 0 Å². The van der Waals surface area contributed by atoms with E-state index in [2.05, 4.69) is 61.6 Å². The van der Waals surface area contributed by atoms with Gasteiger partial charge in [0, 0.05) is 18.2 Å². The van der Waals surface area contributed by atoms with Crippen molar-refractivity contribution >= 4 is 6.21 Å². The van der Waals surface area contributed by atoms with Gasteiger partial charge in [0.2, 0.25) is 0 Å². The lowest BCUT2D eigenvalue weighted by molar-refractivity contribution is -0.0736. The fourth-order valence-corrected chi connectivity index (χ4v) is 18.4. The van der Waals surface area contributed by atoms with E-state index in [9.17, 15) is 0 Å². The number of aliphatic imine (C=N–C) groups is 1. The summed E-state index contributed by atoms with van der Waals surface area (Å²) in [6.07, 6.45) is 34.1. The third-order valence-electron chi connectivity index (χ3n) is 20.4. The highest BCUT2D eigenvalue weighted by atomic mass is 15.0. The van der Waals surface area contributed by atoms with Crippen LogP contribution in [0.1, 0.15) is 190 Å². The SMILES string of the molecule is CCN=C[C@]1(C)CCCC2C3CCC4(C)CCCCC5(C)CC6[C@H](CCC1)[C@@]17C[C@@]6(C)C5(CC)CCCCC4(C3)C[C@]1(C)C27C. The van der Waals surface area contributed by atoms with Crippen LogP contribution in [0.2, 0.25) is 0 Å². The molecule has 2 spiro atoms. The molecule has 8 aliphatic carbocycles. The van der Waals surface area contributed by atoms with Crippen molar-refractivity contribution in [2.75, 3.05) is 6.54 Å². The van der Waals surface area contributed by atoms with Gasteiger partial charge in [0.15, 0.2) is 0 Å². The van der Waals surface area contributed by atoms with Gasteiger partial charge in [0.05, 0.1) is 0 Å². The molecule has 0 aliphatic heterocycles. The maximum absolute atomic E-state index is 4.93. The summed E-state index contributed by atoms with van der Waals surface area (Å²) >= 11 is 0. The highest BCUT2D eigenvalue weighted by Crippen LogP contribution is 2.98. The van der Waals surface area contributed by atoms with Gasteiger partial charge in [0.25, 0.3) is 0 Å². The summed E-state index contributed by atoms with van der Waals surface area (Å²) in [6, 6.07) is 0. The van der Waals surface area contributed by atoms with Gasteiger partial charge in [0.1, 0.15) is 0 Å². The van der Waals surface area contributed by atoms with Crippen molar-refractivity contribution in [3.63, 3.8) is 0 Å². The molecule has 6 bridgehead atoms. The third-order valence-corrected chi connectivity index (χ3v) is 20.4. The number of hydrogen-bond donors (Lipinski definition) is 0. The zero-order chi connectivity index (χ0) is 31.8. The Bertz CT molecular complexity index is 1220. The molecule has 8 unspecified atom stereocenters. The first-order chi connectivity index (χ1) is 21.3. The van der Waals surface area contributed by atoms with Gasteiger partial charge in [-0.15, -0.1) is 0 Å². The Hall–Kier alpha value is -0.330. The van der Waals surface area contributed by atoms with E-state index in [4.69, 9.17) is 4.99 Å². The van der Waals surface area contributed by atoms with Crippen LogP contribution in [0.5, 0.6) is 0 Å². The number of hydrogen-bond acceptors (Lipinski definition) is 1. The average molecular weight is 616 g/mol. The minimum absolute atomic E-state index is 0.296. The van der Waals surface area contributed by atoms with Gasteiger partial charge in [-0.3, -0.25) is 4.99 Å². The fraction of sp³-hybridized carbons (Fsp3) is 0.977. The monoisotopic (exact) mass is 616 g/mol. The molecular weight excluding hydrogens is 542 g/mol. The quantitative estimate of drug-likeness (QED) is 0.280. The predicted octanol–water partition coefficient (Wildman–Crippen LogP) is 12.9. The van der Waals surface area contributed by atoms with E-state index in [1.165, 1.54) is 96.3 Å². The van der Waals surface area contributed by atoms with Gasteiger partial charge in [-0.1, -0.05) is 87.0 Å². The lowest BCUT2D eigenvalue weighted by Crippen LogP contribution is -2.48. The molecule has 0 aromatic heterocycles. The molecule has 1 heteroatoms. The second-order valence-corrected chi connectivity index (χ2v) is 21.1. The van der Waals surface area contributed by atoms with E-state index in [-0.39, 0.29) is 0 Å². The molecule has 8 aliphatic rings. The first-order valence-electron chi connectivity index (χ1n) is 20.8. The third kappa shape index (κ3) is 3.57. The standard InChI is InChI=1S/C44H73N/c1-9-43-25-14-13-24-42-27-32-19-26-37(42,4)22-11-12-23-38(43,5)28-35-34-18-16-21-36(3,31-45-10-2)20-15-17-33(32)41(8)40(7,30-42)44(34,41)29-39(35,43)6/h31-35H,9-30H2,1-8H3/t32?,33?,34-,35?,36+,37?,38?,39+,40+,41?,42?,43?,44-/m0/s1. The summed E-state index contributed by atoms with van der Waals surface area (Å²) in [5.74, 6) is 3.81. The van der Waals surface area contributed by atoms with Crippen molar-refractivity contribution in [1.29, 1.82) is 0 Å². The molecule has 8 rings (SSSR count). The molecule has 0 heterocycles. The molecule has 1 nitrogen and oxygen atoms in total. The van der Waals surface area contributed by atoms with E-state index in [1.807, 2.05) is 0 Å². The van der Waals surface area contributed by atoms with Gasteiger partial charge < -0.3 is 0 Å². The summed E-state index contributed by atoms with van der Waals surface area (Å²) in [6.45, 7) is 23.1. The summed E-state index contributed by atoms with van der Waals surface area (Å²) in [4.78, 5) is 4.93. The molecule has 0 radical (unpaired) electrons. The van der Waals surface area contributed by atoms with E-state index < -0.39 is 0 Å². The van der Waals surface area contributed by atoms with Gasteiger partial charge in [-0.05, 0) is 170 Å². The molecule has 0 aromatic carbocycles. The Morgan fingerprint density at radius 1 is 0.622 bits per heavy atom. The van der Waals surface area contributed by atoms with Crippen LogP contribution >= 0.6 is 0 Å². The highest BCUT2D eigenvalue weighted by molar-refractivity contribution is 5.65. The minimum atomic E-state index is 0.296. The van der Waals surface area contributed by atoms with E-state index in [0.717, 1.165) is 30.2 Å². The summed E-state index contributed by atoms with van der Waals surface area (Å²) in [5.41, 5.74) is 4.67. The summed E-state index contributed by atoms with van der Waals surface area (Å²) < 4.78 is 0. The van der Waals surface area contributed by atoms with Crippen LogP contribution in [0.3, 0.4) is 0 Å². The van der Waals surface area contributed by atoms with Crippen molar-refractivity contribution in [2.24, 2.45) is 77.4 Å². The Kier molecular flexibility index (Phi) is 7.01. The molecule has 0 saturated heterocycles. The zero-order valence-corrected chi connectivity index (χ0v) is 31.4. The second-order valence-electron chi connectivity index (χ2n) is 21.1. The maximum atomic E-state index is 4.93. The molecule has 8 fully saturated rings. The Labute approximate surface area is 279 Å². The van der Waals surface area contributed by atoms with E-state index in [1.54, 1.807) is 38.5 Å². The number of nitrogens with zero attached hydrogens (tertiary/aromatic N) is 1. The first kappa shape index (κ1) is 31.9. The number of fused-ring (bicyclic) bond motifs is 6. The summed E-state index contributed by atoms with van der Waals surface area (Å²) in [5, 5.41) is 0. The Balaban J connectivity index is 1.38. The molecule has 8 saturated carbocycles. The van der Waals surface area contributed by atoms with Gasteiger partial charge >= 0.3 is 0 Å². The van der Waals surface area contributed by atoms with Crippen LogP contribution in [-0.2, 0) is 0 Å². The van der Waals surface area contributed by atoms with Crippen LogP contribution in [0.25, 0.3) is 0 Å². The maximum Gasteiger partial charge on any atom is 0.0357 e. The van der Waals surface area contributed by atoms with E-state index in [0.29, 0.717) is 48.7 Å². The molecule has 13 atom stereocenters. The van der Waals surface area contributed by atoms with Crippen molar-refractivity contribution in [1.82, 2.24) is 0 Å². The first-order valence-corrected chi connectivity index (χ1v) is 20.8. The van der Waals surface area contributed by atoms with E-state index >= 15 is 0 Å². The molecular formula is C44H73N. The van der Waals surface area contributed by atoms with Crippen LogP contribution in [0.15, 0.2) is 4.99 Å². The fourth-order valence-electron chi connectivity index (χ4n) is 18.4. The van der Waals surface area contributed by atoms with Crippen LogP contribution in [0.4, 0.5) is 0 Å². The molecule has 0 N–H and O–H groups in total. The second kappa shape index (κ2) is 9.89. The van der Waals surface area contributed by atoms with Crippen LogP contribution in [0, 0.1) is 72.4 Å². The largest absolute Gasteiger partial charge is 0.297 e. The molecule has 254 valence electrons. The van der Waals surface area contributed by atoms with Crippen molar-refractivity contribution in [2.45, 2.75) is 190 Å². The molecule has 45 heavy (non-hydrogen) atoms. The van der Waals surface area contributed by atoms with Crippen molar-refractivity contribution in [3.8, 4) is 0 Å². The highest BCUT2D eigenvalue weighted by Gasteiger charge is 2.92. The lowest BCUT2D eigenvalue weighted by Gasteiger charge is -2.57. The normalized spacial score (nSPS) is 60.4. The average Bonchev–Trinajstić information content (AvgIpc) is 3.16. The Morgan fingerprint density at radius 2 is 1.29 bits per heavy atom. The zero-order valence-electron chi connectivity index (χ0n) is 31.4. The lowest BCUT2D eigenvalue weighted by atomic mass is 9.47. The van der Waals surface area contributed by atoms with Crippen molar-refractivity contribution < 1.29 is 0 Å². The topological polar surface area (TPSA) is 12.4 Å². The smallest absolute Gasteiger partial charge is 0.0357 e. The summed E-state index contributed by atoms with van der Waals surface area (Å²) in [7, 11) is 0. The molecule has 0 amide bonds. The van der Waals surface area contributed by atoms with Crippen molar-refractivity contribution in [3.05, 3.63) is 0 Å². The van der Waals surface area contributed by atoms with Gasteiger partial charge in [-0.2, -0.15) is 0 Å². The number of rotatable bonds is 3.